The molecule has 0 saturated carbocycles. The minimum Gasteiger partial charge on any atom is -0.454 e. The van der Waals surface area contributed by atoms with Crippen LogP contribution in [0.3, 0.4) is 0 Å². The summed E-state index contributed by atoms with van der Waals surface area (Å²) in [6.45, 7) is 0.909. The van der Waals surface area contributed by atoms with E-state index in [1.54, 1.807) is 25.1 Å². The minimum absolute atomic E-state index is 0.0321. The van der Waals surface area contributed by atoms with E-state index in [0.717, 1.165) is 4.90 Å². The molecular weight excluding hydrogens is 456 g/mol. The monoisotopic (exact) mass is 478 g/mol. The molecule has 32 heavy (non-hydrogen) atoms. The Balaban J connectivity index is 1.34. The van der Waals surface area contributed by atoms with E-state index in [1.807, 2.05) is 12.1 Å². The average Bonchev–Trinajstić information content (AvgIpc) is 3.29. The number of carbonyl (C=O) groups excluding carboxylic acids is 3. The van der Waals surface area contributed by atoms with E-state index in [4.69, 9.17) is 4.74 Å². The molecule has 1 atom stereocenters. The van der Waals surface area contributed by atoms with Crippen LogP contribution < -0.4 is 10.2 Å². The van der Waals surface area contributed by atoms with Gasteiger partial charge in [-0.25, -0.2) is 13.1 Å². The SMILES string of the molecule is Cc1cc(NC(=O)COC(=O)CN2C(=O)CSc3ccccc32)n(C2CCS(=O)(=O)C2)n1. The largest absolute Gasteiger partial charge is 0.454 e. The van der Waals surface area contributed by atoms with E-state index in [0.29, 0.717) is 23.6 Å². The molecule has 0 bridgehead atoms. The van der Waals surface area contributed by atoms with E-state index in [9.17, 15) is 22.8 Å². The van der Waals surface area contributed by atoms with Gasteiger partial charge in [0, 0.05) is 11.0 Å². The Morgan fingerprint density at radius 3 is 2.84 bits per heavy atom. The second-order valence-electron chi connectivity index (χ2n) is 7.62. The van der Waals surface area contributed by atoms with Crippen LogP contribution in [0.15, 0.2) is 35.2 Å². The molecule has 3 heterocycles. The number of anilines is 2. The second kappa shape index (κ2) is 8.94. The fourth-order valence-electron chi connectivity index (χ4n) is 3.68. The number of carbonyl (C=O) groups is 3. The number of rotatable bonds is 6. The highest BCUT2D eigenvalue weighted by atomic mass is 32.2. The zero-order valence-electron chi connectivity index (χ0n) is 17.3. The van der Waals surface area contributed by atoms with Crippen LogP contribution in [-0.2, 0) is 29.0 Å². The molecule has 0 spiro atoms. The fourth-order valence-corrected chi connectivity index (χ4v) is 6.31. The maximum Gasteiger partial charge on any atom is 0.326 e. The van der Waals surface area contributed by atoms with Crippen molar-refractivity contribution in [3.63, 3.8) is 0 Å². The normalized spacial score (nSPS) is 19.5. The van der Waals surface area contributed by atoms with Gasteiger partial charge in [0.05, 0.1) is 34.7 Å². The molecular formula is C20H22N4O6S2. The summed E-state index contributed by atoms with van der Waals surface area (Å²) >= 11 is 1.41. The van der Waals surface area contributed by atoms with Gasteiger partial charge in [-0.05, 0) is 25.5 Å². The maximum absolute atomic E-state index is 12.3. The van der Waals surface area contributed by atoms with Crippen LogP contribution in [0.5, 0.6) is 0 Å². The van der Waals surface area contributed by atoms with Crippen molar-refractivity contribution < 1.29 is 27.5 Å². The van der Waals surface area contributed by atoms with E-state index in [-0.39, 0.29) is 35.8 Å². The minimum atomic E-state index is -3.12. The van der Waals surface area contributed by atoms with Gasteiger partial charge in [-0.15, -0.1) is 11.8 Å². The molecule has 1 unspecified atom stereocenters. The third kappa shape index (κ3) is 4.96. The predicted molar refractivity (Wildman–Crippen MR) is 118 cm³/mol. The molecule has 10 nitrogen and oxygen atoms in total. The van der Waals surface area contributed by atoms with Crippen molar-refractivity contribution in [2.45, 2.75) is 24.3 Å². The number of amides is 2. The molecule has 2 amide bonds. The number of fused-ring (bicyclic) bond motifs is 1. The van der Waals surface area contributed by atoms with E-state index in [2.05, 4.69) is 10.4 Å². The van der Waals surface area contributed by atoms with Gasteiger partial charge in [-0.3, -0.25) is 19.3 Å². The van der Waals surface area contributed by atoms with Crippen molar-refractivity contribution in [1.29, 1.82) is 0 Å². The van der Waals surface area contributed by atoms with Crippen LogP contribution in [0, 0.1) is 6.92 Å². The highest BCUT2D eigenvalue weighted by molar-refractivity contribution is 8.00. The van der Waals surface area contributed by atoms with Crippen molar-refractivity contribution in [2.75, 3.05) is 40.6 Å². The number of ether oxygens (including phenoxy) is 1. The summed E-state index contributed by atoms with van der Waals surface area (Å²) in [6, 6.07) is 8.55. The summed E-state index contributed by atoms with van der Waals surface area (Å²) in [5.41, 5.74) is 1.27. The molecule has 2 aromatic rings. The molecule has 4 rings (SSSR count). The van der Waals surface area contributed by atoms with Crippen molar-refractivity contribution in [1.82, 2.24) is 9.78 Å². The number of aryl methyl sites for hydroxylation is 1. The number of thioether (sulfide) groups is 1. The van der Waals surface area contributed by atoms with Crippen molar-refractivity contribution >= 4 is 50.9 Å². The highest BCUT2D eigenvalue weighted by Crippen LogP contribution is 2.34. The van der Waals surface area contributed by atoms with Crippen LogP contribution in [0.2, 0.25) is 0 Å². The van der Waals surface area contributed by atoms with Gasteiger partial charge < -0.3 is 10.1 Å². The smallest absolute Gasteiger partial charge is 0.326 e. The van der Waals surface area contributed by atoms with Crippen LogP contribution >= 0.6 is 11.8 Å². The Morgan fingerprint density at radius 1 is 1.31 bits per heavy atom. The molecule has 0 aliphatic carbocycles. The van der Waals surface area contributed by atoms with Gasteiger partial charge in [0.25, 0.3) is 5.91 Å². The number of sulfone groups is 1. The van der Waals surface area contributed by atoms with E-state index < -0.39 is 28.3 Å². The Kier molecular flexibility index (Phi) is 6.24. The van der Waals surface area contributed by atoms with Gasteiger partial charge in [0.1, 0.15) is 12.4 Å². The highest BCUT2D eigenvalue weighted by Gasteiger charge is 2.31. The fraction of sp³-hybridized carbons (Fsp3) is 0.400. The molecule has 2 aliphatic rings. The van der Waals surface area contributed by atoms with Crippen molar-refractivity contribution in [3.8, 4) is 0 Å². The van der Waals surface area contributed by atoms with Gasteiger partial charge in [0.2, 0.25) is 5.91 Å². The zero-order valence-corrected chi connectivity index (χ0v) is 18.9. The molecule has 12 heteroatoms. The zero-order chi connectivity index (χ0) is 22.9. The molecule has 1 N–H and O–H groups in total. The quantitative estimate of drug-likeness (QED) is 0.613. The van der Waals surface area contributed by atoms with Crippen molar-refractivity contribution in [2.24, 2.45) is 0 Å². The average molecular weight is 479 g/mol. The number of hydrogen-bond donors (Lipinski definition) is 1. The van der Waals surface area contributed by atoms with Crippen LogP contribution in [0.25, 0.3) is 0 Å². The summed E-state index contributed by atoms with van der Waals surface area (Å²) in [6.07, 6.45) is 0.422. The Morgan fingerprint density at radius 2 is 2.09 bits per heavy atom. The molecule has 1 fully saturated rings. The molecule has 1 saturated heterocycles. The van der Waals surface area contributed by atoms with Crippen LogP contribution in [0.4, 0.5) is 11.5 Å². The lowest BCUT2D eigenvalue weighted by atomic mass is 10.2. The second-order valence-corrected chi connectivity index (χ2v) is 10.9. The third-order valence-electron chi connectivity index (χ3n) is 5.14. The van der Waals surface area contributed by atoms with E-state index >= 15 is 0 Å². The van der Waals surface area contributed by atoms with E-state index in [1.165, 1.54) is 21.3 Å². The third-order valence-corrected chi connectivity index (χ3v) is 7.94. The lowest BCUT2D eigenvalue weighted by Gasteiger charge is -2.27. The van der Waals surface area contributed by atoms with Gasteiger partial charge in [0.15, 0.2) is 16.4 Å². The molecule has 2 aliphatic heterocycles. The van der Waals surface area contributed by atoms with Gasteiger partial charge >= 0.3 is 5.97 Å². The standard InChI is InChI=1S/C20H22N4O6S2/c1-13-8-17(24(22-13)14-6-7-32(28,29)12-14)21-18(25)10-30-20(27)9-23-15-4-2-3-5-16(15)31-11-19(23)26/h2-5,8,14H,6-7,9-12H2,1H3,(H,21,25). The number of benzene rings is 1. The van der Waals surface area contributed by atoms with Crippen molar-refractivity contribution in [3.05, 3.63) is 36.0 Å². The lowest BCUT2D eigenvalue weighted by molar-refractivity contribution is -0.146. The molecule has 0 radical (unpaired) electrons. The molecule has 1 aromatic heterocycles. The molecule has 170 valence electrons. The summed E-state index contributed by atoms with van der Waals surface area (Å²) < 4.78 is 30.1. The number of nitrogens with one attached hydrogen (secondary N) is 1. The van der Waals surface area contributed by atoms with Crippen LogP contribution in [-0.4, -0.2) is 66.4 Å². The predicted octanol–water partition coefficient (Wildman–Crippen LogP) is 1.17. The lowest BCUT2D eigenvalue weighted by Crippen LogP contribution is -2.40. The number of nitrogens with zero attached hydrogens (tertiary/aromatic N) is 3. The Hall–Kier alpha value is -2.86. The summed E-state index contributed by atoms with van der Waals surface area (Å²) in [5, 5.41) is 6.92. The molecule has 1 aromatic carbocycles. The first kappa shape index (κ1) is 22.3. The Labute approximate surface area is 189 Å². The van der Waals surface area contributed by atoms with Gasteiger partial charge in [-0.2, -0.15) is 5.10 Å². The Bertz CT molecular complexity index is 1180. The first-order valence-corrected chi connectivity index (χ1v) is 12.8. The van der Waals surface area contributed by atoms with Gasteiger partial charge in [-0.1, -0.05) is 12.1 Å². The maximum atomic E-state index is 12.3. The first-order valence-electron chi connectivity index (χ1n) is 9.96. The number of aromatic nitrogens is 2. The number of esters is 1. The topological polar surface area (TPSA) is 128 Å². The summed E-state index contributed by atoms with van der Waals surface area (Å²) in [5.74, 6) is -0.870. The number of hydrogen-bond acceptors (Lipinski definition) is 8. The first-order chi connectivity index (χ1) is 15.2. The summed E-state index contributed by atoms with van der Waals surface area (Å²) in [7, 11) is -3.12. The summed E-state index contributed by atoms with van der Waals surface area (Å²) in [4.78, 5) is 39.1. The van der Waals surface area contributed by atoms with Crippen LogP contribution in [0.1, 0.15) is 18.2 Å². The number of para-hydroxylation sites is 1.